The number of benzene rings is 1. The predicted molar refractivity (Wildman–Crippen MR) is 106 cm³/mol. The largest absolute Gasteiger partial charge is 0.381 e. The number of nitrogens with zero attached hydrogens (tertiary/aromatic N) is 2. The number of unbranched alkanes of at least 4 members (excludes halogenated alkanes) is 1. The van der Waals surface area contributed by atoms with Crippen molar-refractivity contribution in [3.8, 4) is 18.4 Å². The Kier molecular flexibility index (Phi) is 5.82. The average Bonchev–Trinajstić information content (AvgIpc) is 3.03. The van der Waals surface area contributed by atoms with Crippen LogP contribution in [0.2, 0.25) is 0 Å². The zero-order valence-electron chi connectivity index (χ0n) is 15.8. The molecule has 1 aromatic rings. The Bertz CT molecular complexity index is 885. The molecular weight excluding hydrogens is 354 g/mol. The van der Waals surface area contributed by atoms with Crippen molar-refractivity contribution in [1.29, 1.82) is 5.26 Å². The van der Waals surface area contributed by atoms with Crippen molar-refractivity contribution in [3.63, 3.8) is 0 Å². The van der Waals surface area contributed by atoms with Crippen molar-refractivity contribution in [2.24, 2.45) is 0 Å². The molecule has 6 nitrogen and oxygen atoms in total. The van der Waals surface area contributed by atoms with Crippen LogP contribution < -0.4 is 10.2 Å². The number of fused-ring (bicyclic) bond motifs is 2. The number of anilines is 1. The molecule has 0 unspecified atom stereocenters. The highest BCUT2D eigenvalue weighted by atomic mass is 16.5. The summed E-state index contributed by atoms with van der Waals surface area (Å²) in [6.07, 6.45) is 8.10. The minimum Gasteiger partial charge on any atom is -0.381 e. The summed E-state index contributed by atoms with van der Waals surface area (Å²) in [4.78, 5) is 26.8. The molecule has 0 aliphatic carbocycles. The molecule has 0 radical (unpaired) electrons. The van der Waals surface area contributed by atoms with Crippen molar-refractivity contribution in [2.45, 2.75) is 31.1 Å². The standard InChI is InChI=1S/C22H23N3O3/c1-3-4-5-10-24-20(26)17-6-7-19-18(13-17)22(8-11-28-12-9-22)15-25(19)21(27)16(2)14-23/h1,6-7,13H,2,4-5,8-12,15H2,(H,24,26). The molecule has 1 fully saturated rings. The minimum atomic E-state index is -0.390. The smallest absolute Gasteiger partial charge is 0.268 e. The van der Waals surface area contributed by atoms with Gasteiger partial charge in [-0.15, -0.1) is 12.3 Å². The minimum absolute atomic E-state index is 0.0922. The third kappa shape index (κ3) is 3.65. The van der Waals surface area contributed by atoms with Crippen LogP contribution in [0.15, 0.2) is 30.4 Å². The second-order valence-corrected chi connectivity index (χ2v) is 7.17. The van der Waals surface area contributed by atoms with Crippen LogP contribution in [-0.4, -0.2) is 38.1 Å². The maximum Gasteiger partial charge on any atom is 0.268 e. The molecule has 1 spiro atoms. The maximum atomic E-state index is 12.7. The fraction of sp³-hybridized carbons (Fsp3) is 0.409. The fourth-order valence-corrected chi connectivity index (χ4v) is 3.89. The van der Waals surface area contributed by atoms with Gasteiger partial charge in [-0.3, -0.25) is 9.59 Å². The molecule has 3 rings (SSSR count). The summed E-state index contributed by atoms with van der Waals surface area (Å²) < 4.78 is 5.52. The molecule has 1 aromatic carbocycles. The van der Waals surface area contributed by atoms with E-state index in [9.17, 15) is 9.59 Å². The topological polar surface area (TPSA) is 82.4 Å². The van der Waals surface area contributed by atoms with Gasteiger partial charge in [0.25, 0.3) is 11.8 Å². The Balaban J connectivity index is 1.91. The molecule has 2 aliphatic heterocycles. The highest BCUT2D eigenvalue weighted by molar-refractivity contribution is 6.09. The third-order valence-corrected chi connectivity index (χ3v) is 5.45. The summed E-state index contributed by atoms with van der Waals surface area (Å²) in [6, 6.07) is 7.21. The van der Waals surface area contributed by atoms with E-state index in [-0.39, 0.29) is 16.9 Å². The van der Waals surface area contributed by atoms with E-state index in [2.05, 4.69) is 17.8 Å². The van der Waals surface area contributed by atoms with Crippen LogP contribution in [0.5, 0.6) is 0 Å². The SMILES string of the molecule is C#CCCCNC(=O)c1ccc2c(c1)C1(CCOCC1)CN2C(=O)C(=C)C#N. The van der Waals surface area contributed by atoms with Crippen molar-refractivity contribution < 1.29 is 14.3 Å². The Morgan fingerprint density at radius 3 is 2.79 bits per heavy atom. The van der Waals surface area contributed by atoms with Gasteiger partial charge >= 0.3 is 0 Å². The van der Waals surface area contributed by atoms with Gasteiger partial charge in [0.2, 0.25) is 0 Å². The van der Waals surface area contributed by atoms with E-state index in [1.807, 2.05) is 12.1 Å². The van der Waals surface area contributed by atoms with E-state index in [0.29, 0.717) is 38.3 Å². The van der Waals surface area contributed by atoms with Crippen LogP contribution in [0.1, 0.15) is 41.6 Å². The third-order valence-electron chi connectivity index (χ3n) is 5.45. The van der Waals surface area contributed by atoms with Crippen LogP contribution in [0.25, 0.3) is 0 Å². The normalized spacial score (nSPS) is 16.7. The van der Waals surface area contributed by atoms with Gasteiger partial charge in [-0.1, -0.05) is 6.58 Å². The molecular formula is C22H23N3O3. The second-order valence-electron chi connectivity index (χ2n) is 7.17. The van der Waals surface area contributed by atoms with E-state index in [4.69, 9.17) is 16.4 Å². The van der Waals surface area contributed by atoms with E-state index in [0.717, 1.165) is 30.5 Å². The van der Waals surface area contributed by atoms with Gasteiger partial charge in [0.1, 0.15) is 11.6 Å². The summed E-state index contributed by atoms with van der Waals surface area (Å²) in [5.41, 5.74) is 1.90. The Hall–Kier alpha value is -3.09. The van der Waals surface area contributed by atoms with Crippen LogP contribution in [0, 0.1) is 23.7 Å². The second kappa shape index (κ2) is 8.29. The first-order chi connectivity index (χ1) is 13.5. The first kappa shape index (κ1) is 19.7. The number of rotatable bonds is 5. The van der Waals surface area contributed by atoms with Gasteiger partial charge < -0.3 is 15.0 Å². The first-order valence-corrected chi connectivity index (χ1v) is 9.37. The lowest BCUT2D eigenvalue weighted by Crippen LogP contribution is -2.41. The van der Waals surface area contributed by atoms with E-state index in [1.165, 1.54) is 0 Å². The van der Waals surface area contributed by atoms with Crippen molar-refractivity contribution >= 4 is 17.5 Å². The summed E-state index contributed by atoms with van der Waals surface area (Å²) in [5, 5.41) is 12.0. The number of amides is 2. The van der Waals surface area contributed by atoms with Crippen LogP contribution in [-0.2, 0) is 14.9 Å². The molecule has 2 heterocycles. The molecule has 1 saturated heterocycles. The number of terminal acetylenes is 1. The maximum absolute atomic E-state index is 12.7. The van der Waals surface area contributed by atoms with Crippen LogP contribution in [0.4, 0.5) is 5.69 Å². The lowest BCUT2D eigenvalue weighted by atomic mass is 9.75. The fourth-order valence-electron chi connectivity index (χ4n) is 3.89. The van der Waals surface area contributed by atoms with E-state index in [1.54, 1.807) is 17.0 Å². The lowest BCUT2D eigenvalue weighted by molar-refractivity contribution is -0.114. The molecule has 2 amide bonds. The highest BCUT2D eigenvalue weighted by Crippen LogP contribution is 2.47. The van der Waals surface area contributed by atoms with Gasteiger partial charge in [0, 0.05) is 49.4 Å². The summed E-state index contributed by atoms with van der Waals surface area (Å²) >= 11 is 0. The zero-order chi connectivity index (χ0) is 20.1. The van der Waals surface area contributed by atoms with Gasteiger partial charge in [-0.2, -0.15) is 5.26 Å². The zero-order valence-corrected chi connectivity index (χ0v) is 15.8. The first-order valence-electron chi connectivity index (χ1n) is 9.37. The van der Waals surface area contributed by atoms with Crippen molar-refractivity contribution in [2.75, 3.05) is 31.2 Å². The molecule has 6 heteroatoms. The predicted octanol–water partition coefficient (Wildman–Crippen LogP) is 2.30. The molecule has 0 saturated carbocycles. The molecule has 1 N–H and O–H groups in total. The number of hydrogen-bond donors (Lipinski definition) is 1. The molecule has 28 heavy (non-hydrogen) atoms. The molecule has 144 valence electrons. The summed E-state index contributed by atoms with van der Waals surface area (Å²) in [6.45, 7) is 5.75. The van der Waals surface area contributed by atoms with Crippen molar-refractivity contribution in [3.05, 3.63) is 41.5 Å². The quantitative estimate of drug-likeness (QED) is 0.369. The number of nitriles is 1. The Morgan fingerprint density at radius 1 is 1.36 bits per heavy atom. The molecule has 0 aromatic heterocycles. The van der Waals surface area contributed by atoms with Crippen molar-refractivity contribution in [1.82, 2.24) is 5.32 Å². The lowest BCUT2D eigenvalue weighted by Gasteiger charge is -2.34. The van der Waals surface area contributed by atoms with Gasteiger partial charge in [0.15, 0.2) is 0 Å². The van der Waals surface area contributed by atoms with E-state index >= 15 is 0 Å². The molecule has 0 bridgehead atoms. The molecule has 2 aliphatic rings. The Morgan fingerprint density at radius 2 is 2.11 bits per heavy atom. The Labute approximate surface area is 165 Å². The summed E-state index contributed by atoms with van der Waals surface area (Å²) in [5.74, 6) is 2.00. The number of nitrogens with one attached hydrogen (secondary N) is 1. The molecule has 0 atom stereocenters. The summed E-state index contributed by atoms with van der Waals surface area (Å²) in [7, 11) is 0. The number of ether oxygens (including phenoxy) is 1. The number of carbonyl (C=O) groups is 2. The number of hydrogen-bond acceptors (Lipinski definition) is 4. The average molecular weight is 377 g/mol. The highest BCUT2D eigenvalue weighted by Gasteiger charge is 2.46. The monoisotopic (exact) mass is 377 g/mol. The van der Waals surface area contributed by atoms with E-state index < -0.39 is 5.91 Å². The number of carbonyl (C=O) groups excluding carboxylic acids is 2. The van der Waals surface area contributed by atoms with Crippen LogP contribution >= 0.6 is 0 Å². The van der Waals surface area contributed by atoms with Gasteiger partial charge in [-0.25, -0.2) is 0 Å². The van der Waals surface area contributed by atoms with Gasteiger partial charge in [-0.05, 0) is 43.0 Å². The van der Waals surface area contributed by atoms with Crippen LogP contribution in [0.3, 0.4) is 0 Å². The van der Waals surface area contributed by atoms with Gasteiger partial charge in [0.05, 0.1) is 0 Å².